The maximum absolute atomic E-state index is 9.09. The minimum absolute atomic E-state index is 0.528. The Morgan fingerprint density at radius 2 is 2.00 bits per heavy atom. The third kappa shape index (κ3) is 6.05. The molecule has 0 aliphatic heterocycles. The zero-order valence-corrected chi connectivity index (χ0v) is 6.97. The van der Waals surface area contributed by atoms with E-state index < -0.39 is 6.29 Å². The lowest BCUT2D eigenvalue weighted by molar-refractivity contribution is -0.103. The van der Waals surface area contributed by atoms with Crippen LogP contribution >= 0.6 is 0 Å². The number of unbranched alkanes of at least 4 members (excludes halogenated alkanes) is 1. The third-order valence-electron chi connectivity index (χ3n) is 1.32. The van der Waals surface area contributed by atoms with Gasteiger partial charge in [0.2, 0.25) is 0 Å². The highest BCUT2D eigenvalue weighted by Gasteiger charge is 2.00. The molecule has 0 aliphatic carbocycles. The smallest absolute Gasteiger partial charge is 0.154 e. The van der Waals surface area contributed by atoms with Crippen LogP contribution in [0.15, 0.2) is 0 Å². The molecule has 0 amide bonds. The maximum Gasteiger partial charge on any atom is 0.154 e. The topological polar surface area (TPSA) is 29.5 Å². The first-order valence-corrected chi connectivity index (χ1v) is 4.11. The molecular formula is C8H18O2. The van der Waals surface area contributed by atoms with Crippen LogP contribution in [0.3, 0.4) is 0 Å². The molecule has 0 fully saturated rings. The molecule has 0 spiro atoms. The van der Waals surface area contributed by atoms with Crippen molar-refractivity contribution in [1.29, 1.82) is 0 Å². The average Bonchev–Trinajstić information content (AvgIpc) is 1.97. The second-order valence-corrected chi connectivity index (χ2v) is 2.47. The molecular weight excluding hydrogens is 128 g/mol. The van der Waals surface area contributed by atoms with E-state index in [1.165, 1.54) is 0 Å². The predicted octanol–water partition coefficient (Wildman–Crippen LogP) is 1.92. The lowest BCUT2D eigenvalue weighted by Crippen LogP contribution is -2.11. The molecule has 2 heteroatoms. The van der Waals surface area contributed by atoms with E-state index in [1.807, 2.05) is 6.92 Å². The Hall–Kier alpha value is -0.0800. The minimum Gasteiger partial charge on any atom is -0.368 e. The molecule has 0 aromatic carbocycles. The monoisotopic (exact) mass is 146 g/mol. The lowest BCUT2D eigenvalue weighted by atomic mass is 10.2. The van der Waals surface area contributed by atoms with Gasteiger partial charge in [-0.1, -0.05) is 20.3 Å². The molecule has 0 heterocycles. The Bertz CT molecular complexity index is 56.3. The van der Waals surface area contributed by atoms with E-state index in [1.54, 1.807) is 0 Å². The van der Waals surface area contributed by atoms with Crippen molar-refractivity contribution in [3.8, 4) is 0 Å². The predicted molar refractivity (Wildman–Crippen MR) is 41.8 cm³/mol. The summed E-state index contributed by atoms with van der Waals surface area (Å²) in [6.45, 7) is 4.81. The summed E-state index contributed by atoms with van der Waals surface area (Å²) in [6.07, 6.45) is 3.39. The number of ether oxygens (including phenoxy) is 1. The number of aliphatic hydroxyl groups is 1. The number of aliphatic hydroxyl groups excluding tert-OH is 1. The van der Waals surface area contributed by atoms with Crippen LogP contribution in [-0.2, 0) is 4.74 Å². The molecule has 0 rings (SSSR count). The van der Waals surface area contributed by atoms with Gasteiger partial charge in [0, 0.05) is 6.61 Å². The standard InChI is InChI=1S/C8H18O2/c1-3-5-6-8(9)10-7-4-2/h8-9H,3-7H2,1-2H3. The van der Waals surface area contributed by atoms with Crippen LogP contribution in [0, 0.1) is 0 Å². The molecule has 0 saturated heterocycles. The summed E-state index contributed by atoms with van der Waals surface area (Å²) in [5.41, 5.74) is 0. The Morgan fingerprint density at radius 1 is 1.30 bits per heavy atom. The fourth-order valence-corrected chi connectivity index (χ4v) is 0.716. The van der Waals surface area contributed by atoms with Crippen LogP contribution in [0.2, 0.25) is 0 Å². The summed E-state index contributed by atoms with van der Waals surface area (Å²) in [6, 6.07) is 0. The molecule has 10 heavy (non-hydrogen) atoms. The lowest BCUT2D eigenvalue weighted by Gasteiger charge is -2.09. The Balaban J connectivity index is 3.00. The Morgan fingerprint density at radius 3 is 2.50 bits per heavy atom. The number of hydrogen-bond donors (Lipinski definition) is 1. The largest absolute Gasteiger partial charge is 0.368 e. The molecule has 0 saturated carbocycles. The molecule has 62 valence electrons. The van der Waals surface area contributed by atoms with Crippen molar-refractivity contribution in [3.05, 3.63) is 0 Å². The van der Waals surface area contributed by atoms with Gasteiger partial charge in [-0.15, -0.1) is 0 Å². The summed E-state index contributed by atoms with van der Waals surface area (Å²) in [7, 11) is 0. The van der Waals surface area contributed by atoms with Crippen LogP contribution in [0.25, 0.3) is 0 Å². The van der Waals surface area contributed by atoms with Crippen LogP contribution in [0.5, 0.6) is 0 Å². The average molecular weight is 146 g/mol. The summed E-state index contributed by atoms with van der Waals surface area (Å²) in [5, 5.41) is 9.09. The fraction of sp³-hybridized carbons (Fsp3) is 1.00. The van der Waals surface area contributed by atoms with E-state index >= 15 is 0 Å². The van der Waals surface area contributed by atoms with Gasteiger partial charge in [-0.05, 0) is 19.3 Å². The van der Waals surface area contributed by atoms with Crippen molar-refractivity contribution in [2.45, 2.75) is 45.8 Å². The number of rotatable bonds is 6. The molecule has 0 bridgehead atoms. The van der Waals surface area contributed by atoms with E-state index in [0.29, 0.717) is 6.61 Å². The first-order chi connectivity index (χ1) is 4.81. The van der Waals surface area contributed by atoms with Gasteiger partial charge in [-0.2, -0.15) is 0 Å². The summed E-state index contributed by atoms with van der Waals surface area (Å²) < 4.78 is 5.05. The third-order valence-corrected chi connectivity index (χ3v) is 1.32. The van der Waals surface area contributed by atoms with Gasteiger partial charge in [0.1, 0.15) is 0 Å². The Labute approximate surface area is 63.2 Å². The van der Waals surface area contributed by atoms with E-state index in [4.69, 9.17) is 9.84 Å². The van der Waals surface area contributed by atoms with Crippen molar-refractivity contribution in [2.75, 3.05) is 6.61 Å². The zero-order valence-electron chi connectivity index (χ0n) is 6.97. The zero-order chi connectivity index (χ0) is 7.82. The maximum atomic E-state index is 9.09. The van der Waals surface area contributed by atoms with Crippen LogP contribution in [-0.4, -0.2) is 18.0 Å². The number of hydrogen-bond acceptors (Lipinski definition) is 2. The first-order valence-electron chi connectivity index (χ1n) is 4.11. The highest BCUT2D eigenvalue weighted by molar-refractivity contribution is 4.41. The highest BCUT2D eigenvalue weighted by atomic mass is 16.6. The summed E-state index contributed by atoms with van der Waals surface area (Å²) >= 11 is 0. The normalized spacial score (nSPS) is 13.5. The second kappa shape index (κ2) is 7.03. The molecule has 1 atom stereocenters. The summed E-state index contributed by atoms with van der Waals surface area (Å²) in [5.74, 6) is 0. The molecule has 1 N–H and O–H groups in total. The molecule has 1 unspecified atom stereocenters. The molecule has 0 radical (unpaired) electrons. The molecule has 0 aromatic heterocycles. The minimum atomic E-state index is -0.528. The van der Waals surface area contributed by atoms with E-state index in [9.17, 15) is 0 Å². The van der Waals surface area contributed by atoms with Gasteiger partial charge in [0.15, 0.2) is 6.29 Å². The quantitative estimate of drug-likeness (QED) is 0.580. The van der Waals surface area contributed by atoms with Crippen LogP contribution in [0.1, 0.15) is 39.5 Å². The summed E-state index contributed by atoms with van der Waals surface area (Å²) in [4.78, 5) is 0. The van der Waals surface area contributed by atoms with Gasteiger partial charge in [-0.3, -0.25) is 0 Å². The van der Waals surface area contributed by atoms with Crippen molar-refractivity contribution < 1.29 is 9.84 Å². The highest BCUT2D eigenvalue weighted by Crippen LogP contribution is 2.01. The van der Waals surface area contributed by atoms with E-state index in [2.05, 4.69) is 6.92 Å². The van der Waals surface area contributed by atoms with Crippen LogP contribution < -0.4 is 0 Å². The Kier molecular flexibility index (Phi) is 6.98. The van der Waals surface area contributed by atoms with Crippen LogP contribution in [0.4, 0.5) is 0 Å². The molecule has 0 aliphatic rings. The molecule has 2 nitrogen and oxygen atoms in total. The van der Waals surface area contributed by atoms with Gasteiger partial charge >= 0.3 is 0 Å². The first kappa shape index (κ1) is 9.92. The van der Waals surface area contributed by atoms with Gasteiger partial charge in [0.25, 0.3) is 0 Å². The van der Waals surface area contributed by atoms with E-state index in [-0.39, 0.29) is 0 Å². The second-order valence-electron chi connectivity index (χ2n) is 2.47. The fourth-order valence-electron chi connectivity index (χ4n) is 0.716. The SMILES string of the molecule is CCCCC(O)OCCC. The van der Waals surface area contributed by atoms with Crippen molar-refractivity contribution in [1.82, 2.24) is 0 Å². The van der Waals surface area contributed by atoms with Gasteiger partial charge in [-0.25, -0.2) is 0 Å². The molecule has 0 aromatic rings. The van der Waals surface area contributed by atoms with Crippen molar-refractivity contribution >= 4 is 0 Å². The van der Waals surface area contributed by atoms with Crippen molar-refractivity contribution in [3.63, 3.8) is 0 Å². The van der Waals surface area contributed by atoms with Gasteiger partial charge < -0.3 is 9.84 Å². The van der Waals surface area contributed by atoms with E-state index in [0.717, 1.165) is 25.7 Å². The van der Waals surface area contributed by atoms with Crippen molar-refractivity contribution in [2.24, 2.45) is 0 Å². The van der Waals surface area contributed by atoms with Gasteiger partial charge in [0.05, 0.1) is 0 Å².